The van der Waals surface area contributed by atoms with E-state index >= 15 is 0 Å². The lowest BCUT2D eigenvalue weighted by Gasteiger charge is -2.19. The Hall–Kier alpha value is 0.0500. The Balaban J connectivity index is 1.92. The summed E-state index contributed by atoms with van der Waals surface area (Å²) in [6.45, 7) is 0.941. The van der Waals surface area contributed by atoms with Gasteiger partial charge >= 0.3 is 0 Å². The number of fused-ring (bicyclic) bond motifs is 1. The summed E-state index contributed by atoms with van der Waals surface area (Å²) in [5.41, 5.74) is 0. The van der Waals surface area contributed by atoms with E-state index in [2.05, 4.69) is 31.9 Å². The summed E-state index contributed by atoms with van der Waals surface area (Å²) in [6.07, 6.45) is 1.35. The van der Waals surface area contributed by atoms with E-state index in [0.717, 1.165) is 17.3 Å². The van der Waals surface area contributed by atoms with Crippen molar-refractivity contribution in [1.82, 2.24) is 4.31 Å². The highest BCUT2D eigenvalue weighted by Crippen LogP contribution is 2.41. The van der Waals surface area contributed by atoms with Crippen LogP contribution in [0.3, 0.4) is 0 Å². The highest BCUT2D eigenvalue weighted by molar-refractivity contribution is 9.11. The molecule has 1 aromatic rings. The average molecular weight is 425 g/mol. The summed E-state index contributed by atoms with van der Waals surface area (Å²) in [4.78, 5) is 0.279. The van der Waals surface area contributed by atoms with Crippen LogP contribution in [0, 0.1) is 11.8 Å². The Kier molecular flexibility index (Phi) is 4.01. The molecule has 110 valence electrons. The van der Waals surface area contributed by atoms with Crippen molar-refractivity contribution >= 4 is 41.9 Å². The SMILES string of the molecule is O=S(=O)(c1cc(Br)ccc1Br)N1CC2CCC(O)C2C1. The van der Waals surface area contributed by atoms with Gasteiger partial charge in [0.1, 0.15) is 0 Å². The number of halogens is 2. The maximum absolute atomic E-state index is 12.7. The minimum Gasteiger partial charge on any atom is -0.393 e. The van der Waals surface area contributed by atoms with Crippen molar-refractivity contribution in [2.45, 2.75) is 23.8 Å². The molecule has 0 amide bonds. The molecule has 3 unspecified atom stereocenters. The van der Waals surface area contributed by atoms with Gasteiger partial charge in [-0.2, -0.15) is 4.31 Å². The number of hydrogen-bond acceptors (Lipinski definition) is 3. The zero-order valence-corrected chi connectivity index (χ0v) is 14.7. The number of benzene rings is 1. The molecule has 3 atom stereocenters. The van der Waals surface area contributed by atoms with Crippen molar-refractivity contribution < 1.29 is 13.5 Å². The highest BCUT2D eigenvalue weighted by atomic mass is 79.9. The quantitative estimate of drug-likeness (QED) is 0.793. The Morgan fingerprint density at radius 1 is 1.20 bits per heavy atom. The molecule has 1 N–H and O–H groups in total. The van der Waals surface area contributed by atoms with Gasteiger partial charge in [0.2, 0.25) is 10.0 Å². The van der Waals surface area contributed by atoms with Crippen molar-refractivity contribution in [3.8, 4) is 0 Å². The van der Waals surface area contributed by atoms with E-state index in [1.807, 2.05) is 0 Å². The number of hydrogen-bond donors (Lipinski definition) is 1. The molecule has 1 aromatic carbocycles. The molecular weight excluding hydrogens is 410 g/mol. The van der Waals surface area contributed by atoms with Gasteiger partial charge < -0.3 is 5.11 Å². The molecule has 1 aliphatic carbocycles. The Morgan fingerprint density at radius 3 is 2.65 bits per heavy atom. The number of aliphatic hydroxyl groups is 1. The topological polar surface area (TPSA) is 57.6 Å². The standard InChI is InChI=1S/C13H15Br2NO3S/c14-9-2-3-11(15)13(5-9)20(18,19)16-6-8-1-4-12(17)10(8)7-16/h2-3,5,8,10,12,17H,1,4,6-7H2. The lowest BCUT2D eigenvalue weighted by molar-refractivity contribution is 0.129. The maximum Gasteiger partial charge on any atom is 0.244 e. The molecule has 20 heavy (non-hydrogen) atoms. The van der Waals surface area contributed by atoms with Crippen LogP contribution in [0.4, 0.5) is 0 Å². The second-order valence-electron chi connectivity index (χ2n) is 5.47. The van der Waals surface area contributed by atoms with Gasteiger partial charge in [-0.15, -0.1) is 0 Å². The van der Waals surface area contributed by atoms with Gasteiger partial charge in [0.25, 0.3) is 0 Å². The predicted molar refractivity (Wildman–Crippen MR) is 82.8 cm³/mol. The zero-order chi connectivity index (χ0) is 14.5. The lowest BCUT2D eigenvalue weighted by Crippen LogP contribution is -2.31. The van der Waals surface area contributed by atoms with E-state index in [4.69, 9.17) is 0 Å². The van der Waals surface area contributed by atoms with Crippen LogP contribution < -0.4 is 0 Å². The van der Waals surface area contributed by atoms with Crippen LogP contribution in [0.15, 0.2) is 32.0 Å². The third kappa shape index (κ3) is 2.47. The first kappa shape index (κ1) is 15.0. The number of aliphatic hydroxyl groups excluding tert-OH is 1. The molecule has 1 saturated carbocycles. The maximum atomic E-state index is 12.7. The molecule has 3 rings (SSSR count). The second-order valence-corrected chi connectivity index (χ2v) is 9.14. The number of sulfonamides is 1. The molecule has 1 heterocycles. The molecule has 0 radical (unpaired) electrons. The number of nitrogens with zero attached hydrogens (tertiary/aromatic N) is 1. The van der Waals surface area contributed by atoms with Crippen molar-refractivity contribution in [3.05, 3.63) is 27.1 Å². The van der Waals surface area contributed by atoms with E-state index in [1.54, 1.807) is 18.2 Å². The van der Waals surface area contributed by atoms with Crippen LogP contribution in [-0.4, -0.2) is 37.0 Å². The van der Waals surface area contributed by atoms with Crippen LogP contribution in [-0.2, 0) is 10.0 Å². The molecule has 4 nitrogen and oxygen atoms in total. The Morgan fingerprint density at radius 2 is 1.95 bits per heavy atom. The zero-order valence-electron chi connectivity index (χ0n) is 10.7. The third-order valence-corrected chi connectivity index (χ3v) is 7.62. The van der Waals surface area contributed by atoms with E-state index in [1.165, 1.54) is 4.31 Å². The lowest BCUT2D eigenvalue weighted by atomic mass is 10.00. The van der Waals surface area contributed by atoms with Gasteiger partial charge in [-0.3, -0.25) is 0 Å². The molecular formula is C13H15Br2NO3S. The smallest absolute Gasteiger partial charge is 0.244 e. The summed E-state index contributed by atoms with van der Waals surface area (Å²) >= 11 is 6.62. The number of rotatable bonds is 2. The summed E-state index contributed by atoms with van der Waals surface area (Å²) in [7, 11) is -3.51. The molecule has 0 spiro atoms. The largest absolute Gasteiger partial charge is 0.393 e. The van der Waals surface area contributed by atoms with Gasteiger partial charge in [0, 0.05) is 28.0 Å². The summed E-state index contributed by atoms with van der Waals surface area (Å²) < 4.78 is 28.3. The minimum atomic E-state index is -3.51. The summed E-state index contributed by atoms with van der Waals surface area (Å²) in [6, 6.07) is 5.14. The fourth-order valence-electron chi connectivity index (χ4n) is 3.21. The van der Waals surface area contributed by atoms with E-state index in [0.29, 0.717) is 23.5 Å². The molecule has 1 aliphatic heterocycles. The van der Waals surface area contributed by atoms with Crippen LogP contribution in [0.25, 0.3) is 0 Å². The highest BCUT2D eigenvalue weighted by Gasteiger charge is 2.46. The Labute approximate surface area is 135 Å². The summed E-state index contributed by atoms with van der Waals surface area (Å²) in [5, 5.41) is 9.91. The van der Waals surface area contributed by atoms with Crippen molar-refractivity contribution in [3.63, 3.8) is 0 Å². The molecule has 0 bridgehead atoms. The molecule has 2 fully saturated rings. The fraction of sp³-hybridized carbons (Fsp3) is 0.538. The molecule has 7 heteroatoms. The van der Waals surface area contributed by atoms with Crippen molar-refractivity contribution in [1.29, 1.82) is 0 Å². The first-order valence-corrected chi connectivity index (χ1v) is 9.55. The monoisotopic (exact) mass is 423 g/mol. The van der Waals surface area contributed by atoms with Crippen LogP contribution in [0.2, 0.25) is 0 Å². The van der Waals surface area contributed by atoms with Crippen LogP contribution >= 0.6 is 31.9 Å². The molecule has 1 saturated heterocycles. The van der Waals surface area contributed by atoms with Crippen molar-refractivity contribution in [2.24, 2.45) is 11.8 Å². The van der Waals surface area contributed by atoms with Gasteiger partial charge in [-0.05, 0) is 52.9 Å². The minimum absolute atomic E-state index is 0.0932. The van der Waals surface area contributed by atoms with E-state index in [9.17, 15) is 13.5 Å². The van der Waals surface area contributed by atoms with Gasteiger partial charge in [-0.1, -0.05) is 15.9 Å². The van der Waals surface area contributed by atoms with Gasteiger partial charge in [-0.25, -0.2) is 8.42 Å². The normalized spacial score (nSPS) is 30.6. The first-order valence-electron chi connectivity index (χ1n) is 6.53. The predicted octanol–water partition coefficient (Wildman–Crippen LogP) is 2.60. The molecule has 2 aliphatic rings. The summed E-state index contributed by atoms with van der Waals surface area (Å²) in [5.74, 6) is 0.390. The van der Waals surface area contributed by atoms with Crippen molar-refractivity contribution in [2.75, 3.05) is 13.1 Å². The average Bonchev–Trinajstić information content (AvgIpc) is 2.95. The van der Waals surface area contributed by atoms with Gasteiger partial charge in [0.05, 0.1) is 11.0 Å². The van der Waals surface area contributed by atoms with Gasteiger partial charge in [0.15, 0.2) is 0 Å². The third-order valence-electron chi connectivity index (χ3n) is 4.30. The van der Waals surface area contributed by atoms with E-state index in [-0.39, 0.29) is 16.9 Å². The fourth-order valence-corrected chi connectivity index (χ4v) is 6.20. The second kappa shape index (κ2) is 5.35. The molecule has 0 aromatic heterocycles. The Bertz CT molecular complexity index is 635. The van der Waals surface area contributed by atoms with Crippen LogP contribution in [0.1, 0.15) is 12.8 Å². The first-order chi connectivity index (χ1) is 9.39. The van der Waals surface area contributed by atoms with E-state index < -0.39 is 10.0 Å². The van der Waals surface area contributed by atoms with Crippen LogP contribution in [0.5, 0.6) is 0 Å².